The molecule has 0 fully saturated rings. The van der Waals surface area contributed by atoms with Gasteiger partial charge in [-0.2, -0.15) is 0 Å². The molecule has 0 aliphatic heterocycles. The summed E-state index contributed by atoms with van der Waals surface area (Å²) in [4.78, 5) is 10.3. The summed E-state index contributed by atoms with van der Waals surface area (Å²) in [5, 5.41) is 10.8. The van der Waals surface area contributed by atoms with Crippen LogP contribution in [0.5, 0.6) is 11.5 Å². The van der Waals surface area contributed by atoms with Crippen molar-refractivity contribution in [1.82, 2.24) is 0 Å². The zero-order valence-corrected chi connectivity index (χ0v) is 11.0. The van der Waals surface area contributed by atoms with Gasteiger partial charge in [0, 0.05) is 12.1 Å². The first-order valence-corrected chi connectivity index (χ1v) is 6.15. The molecular formula is C14H15N3O3. The lowest BCUT2D eigenvalue weighted by atomic mass is 10.2. The molecule has 0 saturated heterocycles. The third-order valence-electron chi connectivity index (χ3n) is 2.84. The van der Waals surface area contributed by atoms with Crippen LogP contribution in [0.25, 0.3) is 0 Å². The number of nitrogens with one attached hydrogen (secondary N) is 1. The van der Waals surface area contributed by atoms with Crippen LogP contribution in [0.3, 0.4) is 0 Å². The van der Waals surface area contributed by atoms with Crippen LogP contribution in [0.2, 0.25) is 0 Å². The second-order valence-electron chi connectivity index (χ2n) is 4.22. The number of rotatable bonds is 5. The van der Waals surface area contributed by atoms with Crippen molar-refractivity contribution < 1.29 is 9.66 Å². The molecule has 0 aromatic heterocycles. The topological polar surface area (TPSA) is 90.4 Å². The number of nitrogen functional groups attached to an aromatic ring is 1. The minimum Gasteiger partial charge on any atom is -0.457 e. The number of ether oxygens (including phenoxy) is 1. The Hall–Kier alpha value is -2.60. The molecule has 2 rings (SSSR count). The molecule has 0 spiro atoms. The van der Waals surface area contributed by atoms with Crippen LogP contribution in [-0.4, -0.2) is 4.92 Å². The first kappa shape index (κ1) is 13.8. The van der Waals surface area contributed by atoms with E-state index in [1.807, 2.05) is 24.3 Å². The zero-order chi connectivity index (χ0) is 14.5. The first-order chi connectivity index (χ1) is 9.62. The van der Waals surface area contributed by atoms with Crippen LogP contribution < -0.4 is 16.0 Å². The Morgan fingerprint density at radius 3 is 2.45 bits per heavy atom. The van der Waals surface area contributed by atoms with E-state index < -0.39 is 4.92 Å². The minimum absolute atomic E-state index is 0.0828. The number of nitrogens with zero attached hydrogens (tertiary/aromatic N) is 1. The molecule has 0 aliphatic carbocycles. The largest absolute Gasteiger partial charge is 0.457 e. The van der Waals surface area contributed by atoms with Crippen molar-refractivity contribution in [3.63, 3.8) is 0 Å². The molecular weight excluding hydrogens is 258 g/mol. The van der Waals surface area contributed by atoms with Gasteiger partial charge < -0.3 is 10.2 Å². The van der Waals surface area contributed by atoms with E-state index in [0.717, 1.165) is 6.42 Å². The highest BCUT2D eigenvalue weighted by Crippen LogP contribution is 2.29. The van der Waals surface area contributed by atoms with E-state index in [-0.39, 0.29) is 5.69 Å². The molecule has 20 heavy (non-hydrogen) atoms. The van der Waals surface area contributed by atoms with Gasteiger partial charge in [-0.05, 0) is 24.1 Å². The van der Waals surface area contributed by atoms with E-state index >= 15 is 0 Å². The summed E-state index contributed by atoms with van der Waals surface area (Å²) in [7, 11) is 0. The summed E-state index contributed by atoms with van der Waals surface area (Å²) in [5.74, 6) is 6.26. The molecule has 0 radical (unpaired) electrons. The number of hydrazine groups is 1. The van der Waals surface area contributed by atoms with Gasteiger partial charge >= 0.3 is 0 Å². The summed E-state index contributed by atoms with van der Waals surface area (Å²) in [6, 6.07) is 11.9. The van der Waals surface area contributed by atoms with Crippen LogP contribution in [0.1, 0.15) is 12.5 Å². The van der Waals surface area contributed by atoms with E-state index in [2.05, 4.69) is 12.3 Å². The highest BCUT2D eigenvalue weighted by atomic mass is 16.6. The maximum atomic E-state index is 10.8. The minimum atomic E-state index is -0.492. The van der Waals surface area contributed by atoms with Crippen molar-refractivity contribution in [2.24, 2.45) is 5.84 Å². The fraction of sp³-hybridized carbons (Fsp3) is 0.143. The average molecular weight is 273 g/mol. The number of non-ortho nitro benzene ring substituents is 1. The van der Waals surface area contributed by atoms with Crippen LogP contribution >= 0.6 is 0 Å². The molecule has 0 unspecified atom stereocenters. The van der Waals surface area contributed by atoms with E-state index in [0.29, 0.717) is 17.2 Å². The summed E-state index contributed by atoms with van der Waals surface area (Å²) in [6.45, 7) is 2.07. The molecule has 0 bridgehead atoms. The second kappa shape index (κ2) is 6.03. The van der Waals surface area contributed by atoms with Gasteiger partial charge in [-0.1, -0.05) is 19.1 Å². The number of aryl methyl sites for hydroxylation is 1. The predicted octanol–water partition coefficient (Wildman–Crippen LogP) is 3.24. The summed E-state index contributed by atoms with van der Waals surface area (Å²) >= 11 is 0. The number of hydrogen-bond donors (Lipinski definition) is 2. The van der Waals surface area contributed by atoms with Crippen molar-refractivity contribution in [2.75, 3.05) is 5.43 Å². The Kier molecular flexibility index (Phi) is 4.17. The van der Waals surface area contributed by atoms with Gasteiger partial charge in [0.2, 0.25) is 0 Å². The quantitative estimate of drug-likeness (QED) is 0.496. The molecule has 0 aliphatic rings. The Morgan fingerprint density at radius 1 is 1.20 bits per heavy atom. The number of nitro groups is 1. The van der Waals surface area contributed by atoms with Gasteiger partial charge in [0.25, 0.3) is 5.69 Å². The van der Waals surface area contributed by atoms with Crippen molar-refractivity contribution >= 4 is 11.4 Å². The van der Waals surface area contributed by atoms with Crippen LogP contribution in [0.15, 0.2) is 42.5 Å². The highest BCUT2D eigenvalue weighted by molar-refractivity contribution is 5.56. The van der Waals surface area contributed by atoms with Gasteiger partial charge in [-0.15, -0.1) is 0 Å². The van der Waals surface area contributed by atoms with Crippen molar-refractivity contribution in [1.29, 1.82) is 0 Å². The highest BCUT2D eigenvalue weighted by Gasteiger charge is 2.10. The fourth-order valence-corrected chi connectivity index (χ4v) is 1.76. The molecule has 6 nitrogen and oxygen atoms in total. The van der Waals surface area contributed by atoms with Crippen molar-refractivity contribution in [2.45, 2.75) is 13.3 Å². The summed E-state index contributed by atoms with van der Waals surface area (Å²) < 4.78 is 5.61. The fourth-order valence-electron chi connectivity index (χ4n) is 1.76. The predicted molar refractivity (Wildman–Crippen MR) is 76.8 cm³/mol. The lowest BCUT2D eigenvalue weighted by molar-refractivity contribution is -0.384. The number of benzene rings is 2. The number of anilines is 1. The number of nitro benzene ring substituents is 1. The summed E-state index contributed by atoms with van der Waals surface area (Å²) in [5.41, 5.74) is 3.91. The SMILES string of the molecule is CCc1ccc(Oc2cc(NN)cc([N+](=O)[O-])c2)cc1. The molecule has 0 atom stereocenters. The molecule has 3 N–H and O–H groups in total. The van der Waals surface area contributed by atoms with E-state index in [9.17, 15) is 10.1 Å². The number of hydrogen-bond acceptors (Lipinski definition) is 5. The van der Waals surface area contributed by atoms with Gasteiger partial charge in [0.05, 0.1) is 16.7 Å². The molecule has 2 aromatic carbocycles. The van der Waals surface area contributed by atoms with Crippen LogP contribution in [0.4, 0.5) is 11.4 Å². The van der Waals surface area contributed by atoms with Crippen LogP contribution in [0, 0.1) is 10.1 Å². The second-order valence-corrected chi connectivity index (χ2v) is 4.22. The standard InChI is InChI=1S/C14H15N3O3/c1-2-10-3-5-13(6-4-10)20-14-8-11(16-15)7-12(9-14)17(18)19/h3-9,16H,2,15H2,1H3. The Morgan fingerprint density at radius 2 is 1.90 bits per heavy atom. The molecule has 0 amide bonds. The first-order valence-electron chi connectivity index (χ1n) is 6.15. The molecule has 0 saturated carbocycles. The maximum Gasteiger partial charge on any atom is 0.275 e. The monoisotopic (exact) mass is 273 g/mol. The molecule has 0 heterocycles. The van der Waals surface area contributed by atoms with E-state index in [1.165, 1.54) is 17.7 Å². The van der Waals surface area contributed by atoms with Gasteiger partial charge in [-0.3, -0.25) is 16.0 Å². The van der Waals surface area contributed by atoms with Gasteiger partial charge in [0.1, 0.15) is 11.5 Å². The third-order valence-corrected chi connectivity index (χ3v) is 2.84. The maximum absolute atomic E-state index is 10.8. The Labute approximate surface area is 116 Å². The Balaban J connectivity index is 2.27. The third kappa shape index (κ3) is 3.24. The van der Waals surface area contributed by atoms with E-state index in [1.54, 1.807) is 6.07 Å². The lowest BCUT2D eigenvalue weighted by Crippen LogP contribution is -2.07. The van der Waals surface area contributed by atoms with E-state index in [4.69, 9.17) is 10.6 Å². The summed E-state index contributed by atoms with van der Waals surface area (Å²) in [6.07, 6.45) is 0.943. The number of nitrogens with two attached hydrogens (primary N) is 1. The van der Waals surface area contributed by atoms with Crippen molar-refractivity contribution in [3.05, 3.63) is 58.1 Å². The van der Waals surface area contributed by atoms with Crippen molar-refractivity contribution in [3.8, 4) is 11.5 Å². The van der Waals surface area contributed by atoms with Crippen LogP contribution in [-0.2, 0) is 6.42 Å². The normalized spacial score (nSPS) is 10.1. The van der Waals surface area contributed by atoms with Gasteiger partial charge in [-0.25, -0.2) is 0 Å². The molecule has 104 valence electrons. The van der Waals surface area contributed by atoms with Gasteiger partial charge in [0.15, 0.2) is 0 Å². The molecule has 6 heteroatoms. The Bertz CT molecular complexity index is 612. The zero-order valence-electron chi connectivity index (χ0n) is 11.0. The lowest BCUT2D eigenvalue weighted by Gasteiger charge is -2.08. The average Bonchev–Trinajstić information content (AvgIpc) is 2.47. The molecule has 2 aromatic rings. The smallest absolute Gasteiger partial charge is 0.275 e.